The third-order valence-electron chi connectivity index (χ3n) is 4.97. The maximum atomic E-state index is 14.1. The van der Waals surface area contributed by atoms with Gasteiger partial charge in [-0.05, 0) is 48.7 Å². The van der Waals surface area contributed by atoms with Crippen molar-refractivity contribution in [1.29, 1.82) is 0 Å². The standard InChI is InChI=1S/C24H22FN3O4/c1-15(29)26-14-23(30)28-17-7-11-24(27-13-17)31-18-8-10-21-16(12-18)6-9-22(32-21)19-4-2-3-5-20(19)25/h2-5,7-8,10-13,22H,6,9,14H2,1H3,(H,26,29)(H,28,30). The van der Waals surface area contributed by atoms with Crippen molar-refractivity contribution in [3.63, 3.8) is 0 Å². The zero-order chi connectivity index (χ0) is 22.5. The number of pyridine rings is 1. The first-order chi connectivity index (χ1) is 15.5. The normalized spacial score (nSPS) is 14.6. The van der Waals surface area contributed by atoms with Gasteiger partial charge in [0.1, 0.15) is 23.4 Å². The van der Waals surface area contributed by atoms with Gasteiger partial charge in [0.15, 0.2) is 0 Å². The minimum atomic E-state index is -0.348. The molecule has 7 nitrogen and oxygen atoms in total. The number of hydrogen-bond acceptors (Lipinski definition) is 5. The first kappa shape index (κ1) is 21.3. The van der Waals surface area contributed by atoms with Gasteiger partial charge in [0, 0.05) is 18.6 Å². The topological polar surface area (TPSA) is 89.6 Å². The predicted molar refractivity (Wildman–Crippen MR) is 116 cm³/mol. The number of carbonyl (C=O) groups is 2. The lowest BCUT2D eigenvalue weighted by Crippen LogP contribution is -2.31. The average molecular weight is 435 g/mol. The molecule has 2 heterocycles. The molecule has 0 fully saturated rings. The van der Waals surface area contributed by atoms with Crippen molar-refractivity contribution >= 4 is 17.5 Å². The fourth-order valence-electron chi connectivity index (χ4n) is 3.43. The van der Waals surface area contributed by atoms with Crippen molar-refractivity contribution < 1.29 is 23.5 Å². The van der Waals surface area contributed by atoms with Crippen LogP contribution in [0.3, 0.4) is 0 Å². The van der Waals surface area contributed by atoms with E-state index >= 15 is 0 Å². The van der Waals surface area contributed by atoms with Gasteiger partial charge in [0.25, 0.3) is 0 Å². The molecule has 1 atom stereocenters. The number of benzene rings is 2. The largest absolute Gasteiger partial charge is 0.485 e. The third kappa shape index (κ3) is 5.21. The van der Waals surface area contributed by atoms with Crippen LogP contribution in [0.1, 0.15) is 30.6 Å². The highest BCUT2D eigenvalue weighted by Crippen LogP contribution is 2.38. The van der Waals surface area contributed by atoms with Gasteiger partial charge in [-0.1, -0.05) is 18.2 Å². The predicted octanol–water partition coefficient (Wildman–Crippen LogP) is 4.15. The van der Waals surface area contributed by atoms with E-state index in [2.05, 4.69) is 15.6 Å². The van der Waals surface area contributed by atoms with Gasteiger partial charge >= 0.3 is 0 Å². The van der Waals surface area contributed by atoms with E-state index in [9.17, 15) is 14.0 Å². The average Bonchev–Trinajstić information content (AvgIpc) is 2.79. The van der Waals surface area contributed by atoms with E-state index in [0.717, 1.165) is 12.0 Å². The molecule has 3 aromatic rings. The molecule has 8 heteroatoms. The number of aromatic nitrogens is 1. The Bertz CT molecular complexity index is 1130. The summed E-state index contributed by atoms with van der Waals surface area (Å²) in [5.74, 6) is 0.792. The molecule has 1 aliphatic rings. The number of aryl methyl sites for hydroxylation is 1. The molecule has 1 aliphatic heterocycles. The molecule has 0 saturated heterocycles. The maximum absolute atomic E-state index is 14.1. The Hall–Kier alpha value is -3.94. The summed E-state index contributed by atoms with van der Waals surface area (Å²) in [5.41, 5.74) is 2.04. The number of hydrogen-bond donors (Lipinski definition) is 2. The highest BCUT2D eigenvalue weighted by Gasteiger charge is 2.24. The SMILES string of the molecule is CC(=O)NCC(=O)Nc1ccc(Oc2ccc3c(c2)CCC(c2ccccc2F)O3)nc1. The smallest absolute Gasteiger partial charge is 0.243 e. The van der Waals surface area contributed by atoms with Gasteiger partial charge in [0.2, 0.25) is 17.7 Å². The van der Waals surface area contributed by atoms with E-state index < -0.39 is 0 Å². The first-order valence-corrected chi connectivity index (χ1v) is 10.2. The number of amides is 2. The fraction of sp³-hybridized carbons (Fsp3) is 0.208. The minimum Gasteiger partial charge on any atom is -0.485 e. The Morgan fingerprint density at radius 3 is 2.78 bits per heavy atom. The highest BCUT2D eigenvalue weighted by atomic mass is 19.1. The number of nitrogens with one attached hydrogen (secondary N) is 2. The van der Waals surface area contributed by atoms with Crippen molar-refractivity contribution in [3.8, 4) is 17.4 Å². The number of nitrogens with zero attached hydrogens (tertiary/aromatic N) is 1. The molecule has 164 valence electrons. The van der Waals surface area contributed by atoms with Crippen molar-refractivity contribution in [2.75, 3.05) is 11.9 Å². The molecule has 1 unspecified atom stereocenters. The zero-order valence-electron chi connectivity index (χ0n) is 17.4. The Morgan fingerprint density at radius 2 is 2.03 bits per heavy atom. The summed E-state index contributed by atoms with van der Waals surface area (Å²) in [6, 6.07) is 15.4. The lowest BCUT2D eigenvalue weighted by molar-refractivity contribution is -0.122. The second-order valence-electron chi connectivity index (χ2n) is 7.38. The monoisotopic (exact) mass is 435 g/mol. The van der Waals surface area contributed by atoms with Gasteiger partial charge in [-0.25, -0.2) is 9.37 Å². The molecule has 4 rings (SSSR count). The van der Waals surface area contributed by atoms with Crippen LogP contribution in [0.25, 0.3) is 0 Å². The lowest BCUT2D eigenvalue weighted by atomic mass is 9.97. The van der Waals surface area contributed by atoms with Crippen LogP contribution in [-0.4, -0.2) is 23.3 Å². The van der Waals surface area contributed by atoms with Crippen LogP contribution >= 0.6 is 0 Å². The summed E-state index contributed by atoms with van der Waals surface area (Å²) in [6.45, 7) is 1.23. The van der Waals surface area contributed by atoms with E-state index in [1.54, 1.807) is 36.4 Å². The van der Waals surface area contributed by atoms with E-state index in [0.29, 0.717) is 35.1 Å². The number of halogens is 1. The summed E-state index contributed by atoms with van der Waals surface area (Å²) >= 11 is 0. The zero-order valence-corrected chi connectivity index (χ0v) is 17.4. The van der Waals surface area contributed by atoms with Crippen molar-refractivity contribution in [2.24, 2.45) is 0 Å². The molecule has 0 saturated carbocycles. The molecule has 2 amide bonds. The molecule has 0 spiro atoms. The molecule has 1 aromatic heterocycles. The Kier molecular flexibility index (Phi) is 6.30. The number of fused-ring (bicyclic) bond motifs is 1. The van der Waals surface area contributed by atoms with E-state index in [1.807, 2.05) is 12.1 Å². The number of carbonyl (C=O) groups excluding carboxylic acids is 2. The van der Waals surface area contributed by atoms with Crippen LogP contribution in [0.5, 0.6) is 17.4 Å². The second kappa shape index (κ2) is 9.47. The Balaban J connectivity index is 1.37. The molecular weight excluding hydrogens is 413 g/mol. The van der Waals surface area contributed by atoms with E-state index in [-0.39, 0.29) is 30.3 Å². The van der Waals surface area contributed by atoms with Crippen molar-refractivity contribution in [1.82, 2.24) is 10.3 Å². The van der Waals surface area contributed by atoms with Gasteiger partial charge in [-0.2, -0.15) is 0 Å². The van der Waals surface area contributed by atoms with Crippen LogP contribution in [0.2, 0.25) is 0 Å². The summed E-state index contributed by atoms with van der Waals surface area (Å²) < 4.78 is 25.9. The maximum Gasteiger partial charge on any atom is 0.243 e. The van der Waals surface area contributed by atoms with Crippen LogP contribution in [0.4, 0.5) is 10.1 Å². The van der Waals surface area contributed by atoms with Crippen LogP contribution < -0.4 is 20.1 Å². The summed E-state index contributed by atoms with van der Waals surface area (Å²) in [6.07, 6.45) is 2.56. The van der Waals surface area contributed by atoms with E-state index in [4.69, 9.17) is 9.47 Å². The van der Waals surface area contributed by atoms with Crippen LogP contribution in [0, 0.1) is 5.82 Å². The van der Waals surface area contributed by atoms with Gasteiger partial charge < -0.3 is 20.1 Å². The van der Waals surface area contributed by atoms with Crippen molar-refractivity contribution in [2.45, 2.75) is 25.9 Å². The fourth-order valence-corrected chi connectivity index (χ4v) is 3.43. The molecular formula is C24H22FN3O4. The first-order valence-electron chi connectivity index (χ1n) is 10.2. The quantitative estimate of drug-likeness (QED) is 0.607. The number of ether oxygens (including phenoxy) is 2. The molecule has 0 radical (unpaired) electrons. The molecule has 0 aliphatic carbocycles. The van der Waals surface area contributed by atoms with Gasteiger partial charge in [-0.15, -0.1) is 0 Å². The van der Waals surface area contributed by atoms with Crippen LogP contribution in [-0.2, 0) is 16.0 Å². The number of anilines is 1. The van der Waals surface area contributed by atoms with Gasteiger partial charge in [-0.3, -0.25) is 9.59 Å². The lowest BCUT2D eigenvalue weighted by Gasteiger charge is -2.27. The van der Waals surface area contributed by atoms with Crippen LogP contribution in [0.15, 0.2) is 60.8 Å². The molecule has 32 heavy (non-hydrogen) atoms. The highest BCUT2D eigenvalue weighted by molar-refractivity contribution is 5.94. The Morgan fingerprint density at radius 1 is 1.19 bits per heavy atom. The molecule has 0 bridgehead atoms. The summed E-state index contributed by atoms with van der Waals surface area (Å²) in [7, 11) is 0. The minimum absolute atomic E-state index is 0.109. The van der Waals surface area contributed by atoms with Gasteiger partial charge in [0.05, 0.1) is 18.4 Å². The third-order valence-corrected chi connectivity index (χ3v) is 4.97. The summed E-state index contributed by atoms with van der Waals surface area (Å²) in [5, 5.41) is 5.06. The van der Waals surface area contributed by atoms with Crippen molar-refractivity contribution in [3.05, 3.63) is 77.7 Å². The number of rotatable bonds is 6. The van der Waals surface area contributed by atoms with E-state index in [1.165, 1.54) is 19.2 Å². The molecule has 2 aromatic carbocycles. The molecule has 2 N–H and O–H groups in total. The Labute approximate surface area is 184 Å². The second-order valence-corrected chi connectivity index (χ2v) is 7.38. The summed E-state index contributed by atoms with van der Waals surface area (Å²) in [4.78, 5) is 26.8.